The molecule has 0 radical (unpaired) electrons. The van der Waals surface area contributed by atoms with Gasteiger partial charge < -0.3 is 20.1 Å². The zero-order valence-corrected chi connectivity index (χ0v) is 16.4. The van der Waals surface area contributed by atoms with Crippen LogP contribution in [0, 0.1) is 11.6 Å². The Balaban J connectivity index is 1.72. The molecule has 0 saturated heterocycles. The van der Waals surface area contributed by atoms with Crippen LogP contribution >= 0.6 is 0 Å². The third kappa shape index (κ3) is 7.50. The Kier molecular flexibility index (Phi) is 8.74. The lowest BCUT2D eigenvalue weighted by molar-refractivity contribution is -0.146. The predicted octanol–water partition coefficient (Wildman–Crippen LogP) is 3.06. The molecule has 0 heterocycles. The number of ether oxygens (including phenoxy) is 2. The van der Waals surface area contributed by atoms with Crippen molar-refractivity contribution in [2.24, 2.45) is 0 Å². The first-order valence-corrected chi connectivity index (χ1v) is 9.30. The maximum Gasteiger partial charge on any atom is 0.325 e. The molecule has 0 aliphatic heterocycles. The lowest BCUT2D eigenvalue weighted by Crippen LogP contribution is -2.32. The second kappa shape index (κ2) is 11.5. The number of anilines is 1. The molecular weight excluding hydrogens is 398 g/mol. The molecule has 2 aromatic rings. The highest BCUT2D eigenvalue weighted by molar-refractivity contribution is 5.96. The molecule has 0 fully saturated rings. The van der Waals surface area contributed by atoms with Crippen molar-refractivity contribution in [2.45, 2.75) is 19.8 Å². The van der Waals surface area contributed by atoms with E-state index in [0.29, 0.717) is 17.9 Å². The van der Waals surface area contributed by atoms with Gasteiger partial charge in [0.25, 0.3) is 11.8 Å². The van der Waals surface area contributed by atoms with Gasteiger partial charge in [0.15, 0.2) is 6.61 Å². The van der Waals surface area contributed by atoms with E-state index in [-0.39, 0.29) is 5.69 Å². The van der Waals surface area contributed by atoms with Crippen molar-refractivity contribution in [2.75, 3.05) is 25.1 Å². The molecule has 0 saturated carbocycles. The second-order valence-electron chi connectivity index (χ2n) is 6.24. The quantitative estimate of drug-likeness (QED) is 0.455. The number of unbranched alkanes of at least 4 members (excludes halogenated alkanes) is 1. The number of carbonyl (C=O) groups is 3. The number of halogens is 2. The van der Waals surface area contributed by atoms with Crippen molar-refractivity contribution in [1.29, 1.82) is 0 Å². The molecule has 0 atom stereocenters. The molecule has 0 aromatic heterocycles. The summed E-state index contributed by atoms with van der Waals surface area (Å²) in [4.78, 5) is 35.4. The van der Waals surface area contributed by atoms with Gasteiger partial charge in [-0.3, -0.25) is 14.4 Å². The fraction of sp³-hybridized carbons (Fsp3) is 0.286. The van der Waals surface area contributed by atoms with E-state index in [4.69, 9.17) is 9.47 Å². The zero-order chi connectivity index (χ0) is 21.9. The highest BCUT2D eigenvalue weighted by Crippen LogP contribution is 2.15. The van der Waals surface area contributed by atoms with Crippen LogP contribution in [0.15, 0.2) is 42.5 Å². The first-order valence-electron chi connectivity index (χ1n) is 9.30. The summed E-state index contributed by atoms with van der Waals surface area (Å²) in [5.41, 5.74) is -0.0450. The maximum absolute atomic E-state index is 13.5. The Morgan fingerprint density at radius 3 is 2.47 bits per heavy atom. The number of amides is 2. The van der Waals surface area contributed by atoms with Gasteiger partial charge in [-0.1, -0.05) is 13.3 Å². The van der Waals surface area contributed by atoms with Crippen LogP contribution in [0.4, 0.5) is 14.5 Å². The molecule has 9 heteroatoms. The maximum atomic E-state index is 13.5. The SMILES string of the molecule is CCCCOc1ccc(C(=O)NCC(=O)OCC(=O)Nc2cc(F)ccc2F)cc1. The smallest absolute Gasteiger partial charge is 0.325 e. The third-order valence-corrected chi connectivity index (χ3v) is 3.84. The summed E-state index contributed by atoms with van der Waals surface area (Å²) < 4.78 is 36.7. The molecule has 0 aliphatic rings. The number of hydrogen-bond acceptors (Lipinski definition) is 5. The van der Waals surface area contributed by atoms with Gasteiger partial charge >= 0.3 is 5.97 Å². The summed E-state index contributed by atoms with van der Waals surface area (Å²) in [7, 11) is 0. The van der Waals surface area contributed by atoms with Crippen molar-refractivity contribution in [3.8, 4) is 5.75 Å². The summed E-state index contributed by atoms with van der Waals surface area (Å²) in [5.74, 6) is -3.13. The molecule has 2 N–H and O–H groups in total. The lowest BCUT2D eigenvalue weighted by Gasteiger charge is -2.09. The van der Waals surface area contributed by atoms with Crippen LogP contribution in [0.1, 0.15) is 30.1 Å². The normalized spacial score (nSPS) is 10.2. The highest BCUT2D eigenvalue weighted by atomic mass is 19.1. The third-order valence-electron chi connectivity index (χ3n) is 3.84. The van der Waals surface area contributed by atoms with E-state index < -0.39 is 42.6 Å². The Labute approximate surface area is 172 Å². The Morgan fingerprint density at radius 1 is 1.03 bits per heavy atom. The lowest BCUT2D eigenvalue weighted by atomic mass is 10.2. The Hall–Kier alpha value is -3.49. The minimum Gasteiger partial charge on any atom is -0.494 e. The average Bonchev–Trinajstić information content (AvgIpc) is 2.74. The number of esters is 1. The summed E-state index contributed by atoms with van der Waals surface area (Å²) >= 11 is 0. The molecule has 0 spiro atoms. The molecule has 30 heavy (non-hydrogen) atoms. The number of carbonyl (C=O) groups excluding carboxylic acids is 3. The van der Waals surface area contributed by atoms with E-state index in [1.807, 2.05) is 0 Å². The highest BCUT2D eigenvalue weighted by Gasteiger charge is 2.13. The zero-order valence-electron chi connectivity index (χ0n) is 16.4. The van der Waals surface area contributed by atoms with Crippen LogP contribution in [0.3, 0.4) is 0 Å². The van der Waals surface area contributed by atoms with Crippen molar-refractivity contribution in [1.82, 2.24) is 5.32 Å². The van der Waals surface area contributed by atoms with Crippen LogP contribution in [0.5, 0.6) is 5.75 Å². The van der Waals surface area contributed by atoms with Gasteiger partial charge in [0.1, 0.15) is 23.9 Å². The minimum absolute atomic E-state index is 0.324. The summed E-state index contributed by atoms with van der Waals surface area (Å²) in [5, 5.41) is 4.46. The van der Waals surface area contributed by atoms with Gasteiger partial charge in [-0.15, -0.1) is 0 Å². The topological polar surface area (TPSA) is 93.7 Å². The van der Waals surface area contributed by atoms with Gasteiger partial charge in [0, 0.05) is 11.6 Å². The Morgan fingerprint density at radius 2 is 1.77 bits per heavy atom. The molecule has 0 aliphatic carbocycles. The first kappa shape index (κ1) is 22.8. The number of hydrogen-bond donors (Lipinski definition) is 2. The molecule has 7 nitrogen and oxygen atoms in total. The number of nitrogens with one attached hydrogen (secondary N) is 2. The molecule has 2 rings (SSSR count). The van der Waals surface area contributed by atoms with Crippen molar-refractivity contribution in [3.63, 3.8) is 0 Å². The van der Waals surface area contributed by atoms with Gasteiger partial charge in [0.2, 0.25) is 0 Å². The summed E-state index contributed by atoms with van der Waals surface area (Å²) in [6, 6.07) is 8.98. The second-order valence-corrected chi connectivity index (χ2v) is 6.24. The fourth-order valence-electron chi connectivity index (χ4n) is 2.27. The molecule has 0 unspecified atom stereocenters. The van der Waals surface area contributed by atoms with E-state index in [2.05, 4.69) is 17.6 Å². The summed E-state index contributed by atoms with van der Waals surface area (Å²) in [6.07, 6.45) is 1.94. The number of rotatable bonds is 10. The van der Waals surface area contributed by atoms with E-state index in [1.165, 1.54) is 0 Å². The molecule has 2 aromatic carbocycles. The van der Waals surface area contributed by atoms with E-state index >= 15 is 0 Å². The summed E-state index contributed by atoms with van der Waals surface area (Å²) in [6.45, 7) is 1.47. The van der Waals surface area contributed by atoms with Crippen molar-refractivity contribution < 1.29 is 32.6 Å². The van der Waals surface area contributed by atoms with E-state index in [9.17, 15) is 23.2 Å². The van der Waals surface area contributed by atoms with E-state index in [0.717, 1.165) is 31.0 Å². The van der Waals surface area contributed by atoms with Gasteiger partial charge in [-0.25, -0.2) is 8.78 Å². The van der Waals surface area contributed by atoms with Gasteiger partial charge in [-0.05, 0) is 42.8 Å². The van der Waals surface area contributed by atoms with Crippen LogP contribution in [0.2, 0.25) is 0 Å². The van der Waals surface area contributed by atoms with Crippen molar-refractivity contribution in [3.05, 3.63) is 59.7 Å². The standard InChI is InChI=1S/C21H22F2N2O5/c1-2-3-10-29-16-7-4-14(5-8-16)21(28)24-12-20(27)30-13-19(26)25-18-11-15(22)6-9-17(18)23/h4-9,11H,2-3,10,12-13H2,1H3,(H,24,28)(H,25,26). The molecule has 2 amide bonds. The number of benzene rings is 2. The van der Waals surface area contributed by atoms with Crippen molar-refractivity contribution >= 4 is 23.5 Å². The Bertz CT molecular complexity index is 887. The van der Waals surface area contributed by atoms with Gasteiger partial charge in [-0.2, -0.15) is 0 Å². The van der Waals surface area contributed by atoms with Crippen LogP contribution in [0.25, 0.3) is 0 Å². The van der Waals surface area contributed by atoms with Crippen LogP contribution in [-0.2, 0) is 14.3 Å². The van der Waals surface area contributed by atoms with Gasteiger partial charge in [0.05, 0.1) is 12.3 Å². The molecule has 0 bridgehead atoms. The predicted molar refractivity (Wildman–Crippen MR) is 105 cm³/mol. The largest absolute Gasteiger partial charge is 0.494 e. The molecule has 160 valence electrons. The van der Waals surface area contributed by atoms with Crippen LogP contribution in [-0.4, -0.2) is 37.5 Å². The average molecular weight is 420 g/mol. The van der Waals surface area contributed by atoms with Crippen LogP contribution < -0.4 is 15.4 Å². The minimum atomic E-state index is -0.863. The molecular formula is C21H22F2N2O5. The first-order chi connectivity index (χ1) is 14.4. The van der Waals surface area contributed by atoms with E-state index in [1.54, 1.807) is 24.3 Å². The fourth-order valence-corrected chi connectivity index (χ4v) is 2.27. The monoisotopic (exact) mass is 420 g/mol.